The lowest BCUT2D eigenvalue weighted by molar-refractivity contribution is -0.132. The highest BCUT2D eigenvalue weighted by atomic mass is 16.1. The smallest absolute Gasteiger partial charge is 0.159 e. The standard InChI is InChI=1S/C18H22O2/c1-3-7-13-9-5-11-15(19)17(13)18-14(8-4-2)10-6-12-16(18)20/h3-6,11-14,17-18H,1-2,7-10H2/t13-,14-,17+,18+/m1/s1. The Morgan fingerprint density at radius 1 is 0.900 bits per heavy atom. The second-order valence-electron chi connectivity index (χ2n) is 5.70. The quantitative estimate of drug-likeness (QED) is 0.714. The summed E-state index contributed by atoms with van der Waals surface area (Å²) in [5.41, 5.74) is 0. The summed E-state index contributed by atoms with van der Waals surface area (Å²) in [4.78, 5) is 24.7. The van der Waals surface area contributed by atoms with Crippen LogP contribution in [0.4, 0.5) is 0 Å². The minimum atomic E-state index is -0.194. The summed E-state index contributed by atoms with van der Waals surface area (Å²) in [6, 6.07) is 0. The Bertz CT molecular complexity index is 426. The van der Waals surface area contributed by atoms with Gasteiger partial charge in [-0.05, 0) is 49.7 Å². The van der Waals surface area contributed by atoms with Crippen molar-refractivity contribution in [3.63, 3.8) is 0 Å². The van der Waals surface area contributed by atoms with Gasteiger partial charge in [-0.3, -0.25) is 9.59 Å². The van der Waals surface area contributed by atoms with Crippen LogP contribution < -0.4 is 0 Å². The summed E-state index contributed by atoms with van der Waals surface area (Å²) in [6.45, 7) is 7.57. The highest BCUT2D eigenvalue weighted by Gasteiger charge is 2.42. The Hall–Kier alpha value is -1.70. The second kappa shape index (κ2) is 6.65. The zero-order valence-corrected chi connectivity index (χ0v) is 11.8. The van der Waals surface area contributed by atoms with Crippen LogP contribution in [0.3, 0.4) is 0 Å². The van der Waals surface area contributed by atoms with E-state index in [0.29, 0.717) is 0 Å². The highest BCUT2D eigenvalue weighted by Crippen LogP contribution is 2.40. The van der Waals surface area contributed by atoms with Crippen LogP contribution in [0, 0.1) is 23.7 Å². The van der Waals surface area contributed by atoms with Gasteiger partial charge in [-0.2, -0.15) is 0 Å². The largest absolute Gasteiger partial charge is 0.295 e. The third-order valence-electron chi connectivity index (χ3n) is 4.44. The number of carbonyl (C=O) groups is 2. The van der Waals surface area contributed by atoms with E-state index < -0.39 is 0 Å². The van der Waals surface area contributed by atoms with Crippen molar-refractivity contribution in [2.24, 2.45) is 23.7 Å². The molecule has 2 rings (SSSR count). The average Bonchev–Trinajstić information content (AvgIpc) is 2.42. The molecule has 0 saturated carbocycles. The number of ketones is 2. The minimum absolute atomic E-state index is 0.103. The molecule has 0 aromatic carbocycles. The van der Waals surface area contributed by atoms with Gasteiger partial charge in [0.05, 0.1) is 0 Å². The fourth-order valence-electron chi connectivity index (χ4n) is 3.55. The number of carbonyl (C=O) groups excluding carboxylic acids is 2. The maximum absolute atomic E-state index is 12.4. The third-order valence-corrected chi connectivity index (χ3v) is 4.44. The third kappa shape index (κ3) is 2.90. The predicted octanol–water partition coefficient (Wildman–Crippen LogP) is 3.66. The molecule has 2 aliphatic rings. The molecule has 20 heavy (non-hydrogen) atoms. The van der Waals surface area contributed by atoms with E-state index in [1.807, 2.05) is 24.3 Å². The maximum Gasteiger partial charge on any atom is 0.159 e. The first-order chi connectivity index (χ1) is 9.69. The van der Waals surface area contributed by atoms with E-state index in [1.54, 1.807) is 12.2 Å². The fraction of sp³-hybridized carbons (Fsp3) is 0.444. The highest BCUT2D eigenvalue weighted by molar-refractivity contribution is 6.00. The summed E-state index contributed by atoms with van der Waals surface area (Å²) >= 11 is 0. The van der Waals surface area contributed by atoms with Crippen molar-refractivity contribution >= 4 is 11.6 Å². The molecule has 0 radical (unpaired) electrons. The van der Waals surface area contributed by atoms with Crippen LogP contribution in [0.25, 0.3) is 0 Å². The van der Waals surface area contributed by atoms with Gasteiger partial charge in [0.1, 0.15) is 0 Å². The molecule has 0 bridgehead atoms. The van der Waals surface area contributed by atoms with Crippen molar-refractivity contribution in [2.75, 3.05) is 0 Å². The Balaban J connectivity index is 2.32. The number of hydrogen-bond acceptors (Lipinski definition) is 2. The first-order valence-electron chi connectivity index (χ1n) is 7.31. The van der Waals surface area contributed by atoms with E-state index in [0.717, 1.165) is 25.7 Å². The molecule has 0 aromatic rings. The van der Waals surface area contributed by atoms with Gasteiger partial charge in [-0.1, -0.05) is 24.3 Å². The summed E-state index contributed by atoms with van der Waals surface area (Å²) in [5, 5.41) is 0. The van der Waals surface area contributed by atoms with Gasteiger partial charge in [0.2, 0.25) is 0 Å². The van der Waals surface area contributed by atoms with E-state index in [9.17, 15) is 9.59 Å². The van der Waals surface area contributed by atoms with Gasteiger partial charge in [-0.25, -0.2) is 0 Å². The maximum atomic E-state index is 12.4. The molecule has 0 amide bonds. The van der Waals surface area contributed by atoms with Crippen molar-refractivity contribution in [3.8, 4) is 0 Å². The molecule has 0 aliphatic heterocycles. The SMILES string of the molecule is C=CC[C@@H]1CC=CC(=O)[C@H]1[C@@H]1C(=O)C=CC[C@H]1CC=C. The van der Waals surface area contributed by atoms with Crippen molar-refractivity contribution in [2.45, 2.75) is 25.7 Å². The van der Waals surface area contributed by atoms with Crippen molar-refractivity contribution in [1.82, 2.24) is 0 Å². The van der Waals surface area contributed by atoms with Crippen LogP contribution in [0.1, 0.15) is 25.7 Å². The molecule has 0 unspecified atom stereocenters. The molecule has 0 aromatic heterocycles. The monoisotopic (exact) mass is 270 g/mol. The van der Waals surface area contributed by atoms with E-state index >= 15 is 0 Å². The van der Waals surface area contributed by atoms with E-state index in [2.05, 4.69) is 13.2 Å². The summed E-state index contributed by atoms with van der Waals surface area (Å²) in [7, 11) is 0. The number of hydrogen-bond donors (Lipinski definition) is 0. The van der Waals surface area contributed by atoms with E-state index in [-0.39, 0.29) is 35.2 Å². The van der Waals surface area contributed by atoms with Gasteiger partial charge in [-0.15, -0.1) is 13.2 Å². The Morgan fingerprint density at radius 2 is 1.30 bits per heavy atom. The van der Waals surface area contributed by atoms with Crippen molar-refractivity contribution in [1.29, 1.82) is 0 Å². The Labute approximate surface area is 120 Å². The molecule has 0 heterocycles. The lowest BCUT2D eigenvalue weighted by Gasteiger charge is -2.37. The fourth-order valence-corrected chi connectivity index (χ4v) is 3.55. The van der Waals surface area contributed by atoms with Crippen LogP contribution in [0.5, 0.6) is 0 Å². The van der Waals surface area contributed by atoms with Gasteiger partial charge < -0.3 is 0 Å². The lowest BCUT2D eigenvalue weighted by Crippen LogP contribution is -2.41. The summed E-state index contributed by atoms with van der Waals surface area (Å²) in [6.07, 6.45) is 14.2. The molecule has 4 atom stereocenters. The van der Waals surface area contributed by atoms with Gasteiger partial charge in [0.25, 0.3) is 0 Å². The average molecular weight is 270 g/mol. The predicted molar refractivity (Wildman–Crippen MR) is 81.1 cm³/mol. The first-order valence-corrected chi connectivity index (χ1v) is 7.31. The normalized spacial score (nSPS) is 33.2. The molecule has 0 fully saturated rings. The molecule has 2 heteroatoms. The summed E-state index contributed by atoms with van der Waals surface area (Å²) < 4.78 is 0. The first kappa shape index (κ1) is 14.7. The molecule has 2 aliphatic carbocycles. The van der Waals surface area contributed by atoms with Crippen LogP contribution in [0.15, 0.2) is 49.6 Å². The molecule has 0 spiro atoms. The van der Waals surface area contributed by atoms with Gasteiger partial charge in [0, 0.05) is 11.8 Å². The van der Waals surface area contributed by atoms with Gasteiger partial charge in [0.15, 0.2) is 11.6 Å². The zero-order valence-electron chi connectivity index (χ0n) is 11.8. The number of allylic oxidation sites excluding steroid dienone is 6. The van der Waals surface area contributed by atoms with Gasteiger partial charge >= 0.3 is 0 Å². The molecule has 2 nitrogen and oxygen atoms in total. The van der Waals surface area contributed by atoms with E-state index in [4.69, 9.17) is 0 Å². The molecule has 0 N–H and O–H groups in total. The Morgan fingerprint density at radius 3 is 1.65 bits per heavy atom. The lowest BCUT2D eigenvalue weighted by atomic mass is 9.64. The molecule has 0 saturated heterocycles. The van der Waals surface area contributed by atoms with Crippen LogP contribution in [-0.2, 0) is 9.59 Å². The molecular formula is C18H22O2. The van der Waals surface area contributed by atoms with Crippen LogP contribution in [-0.4, -0.2) is 11.6 Å². The van der Waals surface area contributed by atoms with Crippen molar-refractivity contribution in [3.05, 3.63) is 49.6 Å². The molecular weight excluding hydrogens is 248 g/mol. The van der Waals surface area contributed by atoms with Crippen LogP contribution >= 0.6 is 0 Å². The minimum Gasteiger partial charge on any atom is -0.295 e. The summed E-state index contributed by atoms with van der Waals surface area (Å²) in [5.74, 6) is 0.230. The van der Waals surface area contributed by atoms with Crippen LogP contribution in [0.2, 0.25) is 0 Å². The topological polar surface area (TPSA) is 34.1 Å². The van der Waals surface area contributed by atoms with E-state index in [1.165, 1.54) is 0 Å². The zero-order chi connectivity index (χ0) is 14.5. The second-order valence-corrected chi connectivity index (χ2v) is 5.70. The number of rotatable bonds is 5. The molecule has 106 valence electrons. The van der Waals surface area contributed by atoms with Crippen molar-refractivity contribution < 1.29 is 9.59 Å². The Kier molecular flexibility index (Phi) is 4.89.